The molecule has 0 amide bonds. The summed E-state index contributed by atoms with van der Waals surface area (Å²) in [6.07, 6.45) is 4.54. The first kappa shape index (κ1) is 16.0. The Kier molecular flexibility index (Phi) is 3.12. The van der Waals surface area contributed by atoms with Crippen LogP contribution in [-0.4, -0.2) is 6.54 Å². The average Bonchev–Trinajstić information content (AvgIpc) is 2.83. The van der Waals surface area contributed by atoms with Crippen LogP contribution in [0.2, 0.25) is 0 Å². The van der Waals surface area contributed by atoms with E-state index in [0.29, 0.717) is 0 Å². The summed E-state index contributed by atoms with van der Waals surface area (Å²) >= 11 is 0. The van der Waals surface area contributed by atoms with Crippen molar-refractivity contribution in [2.45, 2.75) is 0 Å². The van der Waals surface area contributed by atoms with Gasteiger partial charge in [-0.2, -0.15) is 0 Å². The maximum absolute atomic E-state index is 3.69. The van der Waals surface area contributed by atoms with Crippen molar-refractivity contribution in [3.63, 3.8) is 0 Å². The number of hydrogen-bond acceptors (Lipinski definition) is 1. The molecule has 1 aliphatic heterocycles. The fraction of sp³-hybridized carbons (Fsp3) is 0.0345. The van der Waals surface area contributed by atoms with Gasteiger partial charge in [0.05, 0.1) is 5.69 Å². The zero-order valence-corrected chi connectivity index (χ0v) is 16.4. The summed E-state index contributed by atoms with van der Waals surface area (Å²) in [5, 5.41) is 17.0. The molecule has 140 valence electrons. The van der Waals surface area contributed by atoms with Crippen molar-refractivity contribution < 1.29 is 0 Å². The Balaban J connectivity index is 1.95. The maximum atomic E-state index is 3.69. The molecule has 30 heavy (non-hydrogen) atoms. The van der Waals surface area contributed by atoms with Gasteiger partial charge in [-0.25, -0.2) is 0 Å². The van der Waals surface area contributed by atoms with E-state index in [0.717, 1.165) is 6.54 Å². The van der Waals surface area contributed by atoms with Crippen molar-refractivity contribution in [1.29, 1.82) is 0 Å². The third-order valence-corrected chi connectivity index (χ3v) is 6.60. The number of fused-ring (bicyclic) bond motifs is 13. The average molecular weight is 381 g/mol. The van der Waals surface area contributed by atoms with Crippen LogP contribution in [0.5, 0.6) is 0 Å². The lowest BCUT2D eigenvalue weighted by molar-refractivity contribution is 1.33. The Morgan fingerprint density at radius 1 is 0.500 bits per heavy atom. The predicted octanol–water partition coefficient (Wildman–Crippen LogP) is 7.89. The summed E-state index contributed by atoms with van der Waals surface area (Å²) in [5.41, 5.74) is 2.56. The Labute approximate surface area is 174 Å². The molecule has 0 aromatic heterocycles. The zero-order valence-electron chi connectivity index (χ0n) is 16.4. The first-order valence-electron chi connectivity index (χ1n) is 10.5. The molecular weight excluding hydrogens is 362 g/mol. The maximum Gasteiger partial charge on any atom is 0.0502 e. The van der Waals surface area contributed by atoms with Crippen molar-refractivity contribution in [2.24, 2.45) is 0 Å². The molecule has 1 aliphatic rings. The first-order valence-corrected chi connectivity index (χ1v) is 10.5. The van der Waals surface area contributed by atoms with Crippen LogP contribution in [0.25, 0.3) is 59.9 Å². The second kappa shape index (κ2) is 5.84. The molecule has 1 heterocycles. The van der Waals surface area contributed by atoms with Crippen molar-refractivity contribution in [2.75, 3.05) is 11.9 Å². The second-order valence-corrected chi connectivity index (χ2v) is 8.12. The molecule has 0 atom stereocenters. The summed E-state index contributed by atoms with van der Waals surface area (Å²) in [7, 11) is 0. The van der Waals surface area contributed by atoms with Crippen LogP contribution < -0.4 is 5.32 Å². The molecule has 1 N–H and O–H groups in total. The van der Waals surface area contributed by atoms with Gasteiger partial charge in [0.1, 0.15) is 0 Å². The Hall–Kier alpha value is -3.84. The number of anilines is 1. The van der Waals surface area contributed by atoms with E-state index >= 15 is 0 Å². The minimum absolute atomic E-state index is 0.867. The molecule has 0 saturated carbocycles. The smallest absolute Gasteiger partial charge is 0.0502 e. The lowest BCUT2D eigenvalue weighted by Crippen LogP contribution is -2.06. The van der Waals surface area contributed by atoms with Crippen molar-refractivity contribution >= 4 is 65.6 Å². The second-order valence-electron chi connectivity index (χ2n) is 8.12. The van der Waals surface area contributed by atoms with Crippen LogP contribution in [-0.2, 0) is 0 Å². The van der Waals surface area contributed by atoms with E-state index in [2.05, 4.69) is 102 Å². The van der Waals surface area contributed by atoms with Crippen molar-refractivity contribution in [3.8, 4) is 0 Å². The summed E-state index contributed by atoms with van der Waals surface area (Å²) in [5.74, 6) is 0. The van der Waals surface area contributed by atoms with Crippen LogP contribution in [0.1, 0.15) is 5.56 Å². The molecule has 7 rings (SSSR count). The highest BCUT2D eigenvalue weighted by atomic mass is 14.9. The van der Waals surface area contributed by atoms with E-state index in [1.807, 2.05) is 0 Å². The summed E-state index contributed by atoms with van der Waals surface area (Å²) in [6.45, 7) is 0.867. The van der Waals surface area contributed by atoms with Crippen LogP contribution in [0.3, 0.4) is 0 Å². The normalized spacial score (nSPS) is 13.3. The SMILES string of the molecule is C1=Cc2c(c3ccc4ccccc4c3c3c4ccccc4c4ccccc4c23)NC1. The highest BCUT2D eigenvalue weighted by Crippen LogP contribution is 2.47. The van der Waals surface area contributed by atoms with Gasteiger partial charge in [0.25, 0.3) is 0 Å². The van der Waals surface area contributed by atoms with Gasteiger partial charge in [-0.15, -0.1) is 0 Å². The van der Waals surface area contributed by atoms with Crippen molar-refractivity contribution in [1.82, 2.24) is 0 Å². The van der Waals surface area contributed by atoms with Gasteiger partial charge >= 0.3 is 0 Å². The van der Waals surface area contributed by atoms with E-state index in [1.165, 1.54) is 65.1 Å². The van der Waals surface area contributed by atoms with Crippen LogP contribution in [0.4, 0.5) is 5.69 Å². The van der Waals surface area contributed by atoms with Gasteiger partial charge in [-0.05, 0) is 37.7 Å². The fourth-order valence-corrected chi connectivity index (χ4v) is 5.39. The standard InChI is InChI=1S/C29H19N/c1-2-9-19-18(8-1)15-16-25-26(19)28-23-13-6-4-11-21(23)20-10-3-5-12-22(20)27(28)24-14-7-17-30-29(24)25/h1-16,30H,17H2. The Morgan fingerprint density at radius 3 is 1.90 bits per heavy atom. The van der Waals surface area contributed by atoms with E-state index in [-0.39, 0.29) is 0 Å². The third-order valence-electron chi connectivity index (χ3n) is 6.60. The van der Waals surface area contributed by atoms with Gasteiger partial charge < -0.3 is 5.32 Å². The van der Waals surface area contributed by atoms with Gasteiger partial charge in [-0.1, -0.05) is 97.1 Å². The molecule has 6 aromatic carbocycles. The highest BCUT2D eigenvalue weighted by molar-refractivity contribution is 6.38. The predicted molar refractivity (Wildman–Crippen MR) is 131 cm³/mol. The molecule has 0 saturated heterocycles. The molecule has 0 fully saturated rings. The number of rotatable bonds is 0. The van der Waals surface area contributed by atoms with Gasteiger partial charge in [-0.3, -0.25) is 0 Å². The topological polar surface area (TPSA) is 12.0 Å². The molecule has 0 bridgehead atoms. The van der Waals surface area contributed by atoms with E-state index in [4.69, 9.17) is 0 Å². The number of benzene rings is 6. The molecule has 1 heteroatoms. The Bertz CT molecular complexity index is 1690. The molecule has 1 nitrogen and oxygen atoms in total. The molecule has 0 spiro atoms. The molecule has 6 aromatic rings. The van der Waals surface area contributed by atoms with E-state index in [9.17, 15) is 0 Å². The molecule has 0 aliphatic carbocycles. The van der Waals surface area contributed by atoms with Crippen LogP contribution in [0.15, 0.2) is 91.0 Å². The van der Waals surface area contributed by atoms with E-state index in [1.54, 1.807) is 0 Å². The monoisotopic (exact) mass is 381 g/mol. The summed E-state index contributed by atoms with van der Waals surface area (Å²) in [6, 6.07) is 31.1. The van der Waals surface area contributed by atoms with Crippen molar-refractivity contribution in [3.05, 3.63) is 96.6 Å². The van der Waals surface area contributed by atoms with Crippen LogP contribution >= 0.6 is 0 Å². The van der Waals surface area contributed by atoms with Gasteiger partial charge in [0.2, 0.25) is 0 Å². The minimum Gasteiger partial charge on any atom is -0.381 e. The minimum atomic E-state index is 0.867. The van der Waals surface area contributed by atoms with Crippen LogP contribution in [0, 0.1) is 0 Å². The summed E-state index contributed by atoms with van der Waals surface area (Å²) < 4.78 is 0. The molecule has 0 unspecified atom stereocenters. The van der Waals surface area contributed by atoms with Gasteiger partial charge in [0, 0.05) is 28.3 Å². The zero-order chi connectivity index (χ0) is 19.7. The summed E-state index contributed by atoms with van der Waals surface area (Å²) in [4.78, 5) is 0. The lowest BCUT2D eigenvalue weighted by atomic mass is 9.85. The quantitative estimate of drug-likeness (QED) is 0.264. The Morgan fingerprint density at radius 2 is 1.13 bits per heavy atom. The number of nitrogens with one attached hydrogen (secondary N) is 1. The fourth-order valence-electron chi connectivity index (χ4n) is 5.39. The largest absolute Gasteiger partial charge is 0.381 e. The molecule has 0 radical (unpaired) electrons. The molecular formula is C29H19N. The first-order chi connectivity index (χ1) is 14.9. The highest BCUT2D eigenvalue weighted by Gasteiger charge is 2.20. The lowest BCUT2D eigenvalue weighted by Gasteiger charge is -2.23. The third kappa shape index (κ3) is 1.97. The van der Waals surface area contributed by atoms with E-state index < -0.39 is 0 Å². The number of hydrogen-bond donors (Lipinski definition) is 1. The van der Waals surface area contributed by atoms with Gasteiger partial charge in [0.15, 0.2) is 0 Å².